The molecule has 4 nitrogen and oxygen atoms in total. The van der Waals surface area contributed by atoms with E-state index in [0.717, 1.165) is 78.0 Å². The van der Waals surface area contributed by atoms with E-state index >= 15 is 0 Å². The molecule has 218 valence electrons. The molecule has 0 radical (unpaired) electrons. The van der Waals surface area contributed by atoms with Crippen molar-refractivity contribution in [1.82, 2.24) is 14.5 Å². The lowest BCUT2D eigenvalue weighted by Gasteiger charge is -2.26. The summed E-state index contributed by atoms with van der Waals surface area (Å²) in [5, 5.41) is 2.04. The zero-order valence-electron chi connectivity index (χ0n) is 25.9. The number of aromatic nitrogens is 3. The Balaban J connectivity index is 1.54. The van der Waals surface area contributed by atoms with Crippen LogP contribution in [0.4, 0.5) is 0 Å². The maximum absolute atomic E-state index is 6.61. The lowest BCUT2D eigenvalue weighted by Crippen LogP contribution is -2.13. The summed E-state index contributed by atoms with van der Waals surface area (Å²) >= 11 is 0. The summed E-state index contributed by atoms with van der Waals surface area (Å²) in [6, 6.07) is 42.9. The predicted molar refractivity (Wildman–Crippen MR) is 186 cm³/mol. The number of rotatable bonds is 4. The van der Waals surface area contributed by atoms with Crippen LogP contribution in [0, 0.1) is 6.92 Å². The second-order valence-electron chi connectivity index (χ2n) is 12.8. The van der Waals surface area contributed by atoms with Crippen LogP contribution in [-0.4, -0.2) is 14.5 Å². The zero-order valence-corrected chi connectivity index (χ0v) is 25.9. The highest BCUT2D eigenvalue weighted by atomic mass is 16.3. The van der Waals surface area contributed by atoms with Crippen LogP contribution in [0.25, 0.3) is 72.3 Å². The summed E-state index contributed by atoms with van der Waals surface area (Å²) in [7, 11) is 0. The van der Waals surface area contributed by atoms with Gasteiger partial charge in [-0.15, -0.1) is 0 Å². The minimum atomic E-state index is -0.0581. The van der Waals surface area contributed by atoms with Gasteiger partial charge in [0.15, 0.2) is 0 Å². The molecule has 3 heterocycles. The Hall–Kier alpha value is -5.48. The van der Waals surface area contributed by atoms with E-state index < -0.39 is 0 Å². The first-order valence-electron chi connectivity index (χ1n) is 15.4. The van der Waals surface area contributed by atoms with Crippen LogP contribution in [0.1, 0.15) is 32.0 Å². The second-order valence-corrected chi connectivity index (χ2v) is 12.8. The number of pyridine rings is 1. The molecule has 0 saturated carbocycles. The molecule has 0 amide bonds. The second kappa shape index (κ2) is 10.3. The van der Waals surface area contributed by atoms with Gasteiger partial charge in [0.25, 0.3) is 0 Å². The van der Waals surface area contributed by atoms with Gasteiger partial charge in [-0.2, -0.15) is 0 Å². The number of imidazole rings is 1. The molecular formula is C41H33N3O. The summed E-state index contributed by atoms with van der Waals surface area (Å²) in [6.45, 7) is 8.83. The third-order valence-corrected chi connectivity index (χ3v) is 8.69. The van der Waals surface area contributed by atoms with Gasteiger partial charge in [-0.05, 0) is 59.4 Å². The monoisotopic (exact) mass is 583 g/mol. The Morgan fingerprint density at radius 3 is 1.96 bits per heavy atom. The number of hydrogen-bond acceptors (Lipinski definition) is 3. The zero-order chi connectivity index (χ0) is 30.7. The van der Waals surface area contributed by atoms with E-state index in [1.807, 2.05) is 19.2 Å². The first-order chi connectivity index (χ1) is 21.9. The first kappa shape index (κ1) is 27.1. The van der Waals surface area contributed by atoms with Crippen LogP contribution in [0.15, 0.2) is 132 Å². The number of furan rings is 1. The Labute approximate surface area is 262 Å². The van der Waals surface area contributed by atoms with Gasteiger partial charge in [0.05, 0.1) is 22.3 Å². The lowest BCUT2D eigenvalue weighted by atomic mass is 9.82. The van der Waals surface area contributed by atoms with Crippen molar-refractivity contribution in [2.24, 2.45) is 0 Å². The van der Waals surface area contributed by atoms with Crippen molar-refractivity contribution in [3.8, 4) is 39.3 Å². The average molecular weight is 584 g/mol. The van der Waals surface area contributed by atoms with Gasteiger partial charge in [0.2, 0.25) is 0 Å². The highest BCUT2D eigenvalue weighted by Gasteiger charge is 2.26. The van der Waals surface area contributed by atoms with Crippen LogP contribution in [0.2, 0.25) is 0 Å². The van der Waals surface area contributed by atoms with Gasteiger partial charge in [0, 0.05) is 39.9 Å². The largest absolute Gasteiger partial charge is 0.455 e. The molecule has 5 aromatic carbocycles. The van der Waals surface area contributed by atoms with E-state index in [2.05, 4.69) is 146 Å². The molecule has 0 aliphatic heterocycles. The van der Waals surface area contributed by atoms with Gasteiger partial charge in [0.1, 0.15) is 17.0 Å². The Kier molecular flexibility index (Phi) is 6.21. The number of benzene rings is 5. The maximum atomic E-state index is 6.61. The third-order valence-electron chi connectivity index (χ3n) is 8.69. The van der Waals surface area contributed by atoms with E-state index in [0.29, 0.717) is 0 Å². The van der Waals surface area contributed by atoms with E-state index in [1.54, 1.807) is 0 Å². The molecule has 8 rings (SSSR count). The molecule has 0 bridgehead atoms. The number of hydrogen-bond donors (Lipinski definition) is 0. The quantitative estimate of drug-likeness (QED) is 0.207. The third kappa shape index (κ3) is 4.53. The number of fused-ring (bicyclic) bond motifs is 4. The maximum Gasteiger partial charge on any atom is 0.149 e. The topological polar surface area (TPSA) is 43.9 Å². The summed E-state index contributed by atoms with van der Waals surface area (Å²) in [5.74, 6) is 0.836. The Morgan fingerprint density at radius 2 is 1.29 bits per heavy atom. The summed E-state index contributed by atoms with van der Waals surface area (Å²) in [5.41, 5.74) is 12.4. The van der Waals surface area contributed by atoms with E-state index in [4.69, 9.17) is 9.40 Å². The van der Waals surface area contributed by atoms with Gasteiger partial charge in [-0.1, -0.05) is 106 Å². The number of nitrogens with zero attached hydrogens (tertiary/aromatic N) is 3. The van der Waals surface area contributed by atoms with E-state index in [1.165, 1.54) is 5.56 Å². The van der Waals surface area contributed by atoms with Crippen molar-refractivity contribution < 1.29 is 4.42 Å². The molecule has 8 aromatic rings. The first-order valence-corrected chi connectivity index (χ1v) is 15.4. The highest BCUT2D eigenvalue weighted by Crippen LogP contribution is 2.44. The molecule has 3 aromatic heterocycles. The molecule has 0 aliphatic carbocycles. The minimum absolute atomic E-state index is 0.0581. The molecule has 0 N–H and O–H groups in total. The fourth-order valence-corrected chi connectivity index (χ4v) is 6.38. The van der Waals surface area contributed by atoms with Crippen molar-refractivity contribution in [2.45, 2.75) is 33.1 Å². The van der Waals surface area contributed by atoms with Crippen molar-refractivity contribution in [2.75, 3.05) is 0 Å². The van der Waals surface area contributed by atoms with Gasteiger partial charge in [-0.25, -0.2) is 4.98 Å². The van der Waals surface area contributed by atoms with Crippen LogP contribution in [-0.2, 0) is 5.41 Å². The highest BCUT2D eigenvalue weighted by molar-refractivity contribution is 6.09. The SMILES string of the molecule is Cc1cc2oc3c(-c4nc5ccccc5n4-c4c(-c5ccccc5)cc(C(C)(C)C)cc4-c4ccccc4)cccc3c2cn1. The van der Waals surface area contributed by atoms with Gasteiger partial charge in [-0.3, -0.25) is 9.55 Å². The molecular weight excluding hydrogens is 550 g/mol. The molecule has 0 unspecified atom stereocenters. The molecule has 0 atom stereocenters. The molecule has 0 spiro atoms. The van der Waals surface area contributed by atoms with E-state index in [9.17, 15) is 0 Å². The number of aryl methyl sites for hydroxylation is 1. The fourth-order valence-electron chi connectivity index (χ4n) is 6.38. The summed E-state index contributed by atoms with van der Waals surface area (Å²) < 4.78 is 8.95. The smallest absolute Gasteiger partial charge is 0.149 e. The van der Waals surface area contributed by atoms with Gasteiger partial charge >= 0.3 is 0 Å². The van der Waals surface area contributed by atoms with E-state index in [-0.39, 0.29) is 5.41 Å². The van der Waals surface area contributed by atoms with Gasteiger partial charge < -0.3 is 4.42 Å². The summed E-state index contributed by atoms with van der Waals surface area (Å²) in [4.78, 5) is 9.89. The van der Waals surface area contributed by atoms with Crippen molar-refractivity contribution >= 4 is 33.0 Å². The molecule has 0 saturated heterocycles. The molecule has 4 heteroatoms. The molecule has 0 fully saturated rings. The normalized spacial score (nSPS) is 12.0. The van der Waals surface area contributed by atoms with Crippen LogP contribution < -0.4 is 0 Å². The van der Waals surface area contributed by atoms with Crippen molar-refractivity contribution in [1.29, 1.82) is 0 Å². The predicted octanol–water partition coefficient (Wildman–Crippen LogP) is 10.9. The standard InChI is InChI=1S/C41H33N3O/c1-26-22-37-34(25-42-26)30-18-13-19-31(39(30)45-37)40-43-35-20-11-12-21-36(35)44(40)38-32(27-14-7-5-8-15-27)23-29(41(2,3)4)24-33(38)28-16-9-6-10-17-28/h5-25H,1-4H3. The van der Waals surface area contributed by atoms with Crippen molar-refractivity contribution in [3.05, 3.63) is 139 Å². The van der Waals surface area contributed by atoms with Crippen LogP contribution >= 0.6 is 0 Å². The number of para-hydroxylation sites is 3. The minimum Gasteiger partial charge on any atom is -0.455 e. The van der Waals surface area contributed by atoms with Crippen LogP contribution in [0.3, 0.4) is 0 Å². The average Bonchev–Trinajstić information content (AvgIpc) is 3.62. The Morgan fingerprint density at radius 1 is 0.644 bits per heavy atom. The summed E-state index contributed by atoms with van der Waals surface area (Å²) in [6.07, 6.45) is 1.91. The fraction of sp³-hybridized carbons (Fsp3) is 0.122. The Bertz CT molecular complexity index is 2300. The molecule has 45 heavy (non-hydrogen) atoms. The van der Waals surface area contributed by atoms with Crippen LogP contribution in [0.5, 0.6) is 0 Å². The lowest BCUT2D eigenvalue weighted by molar-refractivity contribution is 0.590. The molecule has 0 aliphatic rings. The van der Waals surface area contributed by atoms with Crippen molar-refractivity contribution in [3.63, 3.8) is 0 Å².